The highest BCUT2D eigenvalue weighted by atomic mass is 35.5. The van der Waals surface area contributed by atoms with Gasteiger partial charge in [-0.1, -0.05) is 35.9 Å². The summed E-state index contributed by atoms with van der Waals surface area (Å²) in [6.45, 7) is 0. The number of alkyl halides is 6. The normalized spacial score (nSPS) is 13.0. The Kier molecular flexibility index (Phi) is 7.49. The Bertz CT molecular complexity index is 1280. The molecule has 1 aromatic heterocycles. The largest absolute Gasteiger partial charge is 0.430 e. The Morgan fingerprint density at radius 2 is 1.60 bits per heavy atom. The van der Waals surface area contributed by atoms with Crippen LogP contribution in [-0.4, -0.2) is 22.8 Å². The van der Waals surface area contributed by atoms with E-state index < -0.39 is 29.5 Å². The third-order valence-corrected chi connectivity index (χ3v) is 4.80. The summed E-state index contributed by atoms with van der Waals surface area (Å²) in [5, 5.41) is 2.43. The van der Waals surface area contributed by atoms with Crippen molar-refractivity contribution in [3.8, 4) is 0 Å². The van der Waals surface area contributed by atoms with Crippen molar-refractivity contribution in [3.05, 3.63) is 100 Å². The summed E-state index contributed by atoms with van der Waals surface area (Å²) >= 11 is 6.05. The summed E-state index contributed by atoms with van der Waals surface area (Å²) in [5.41, 5.74) is 2.95. The average molecular weight is 513 g/mol. The van der Waals surface area contributed by atoms with E-state index in [9.17, 15) is 31.1 Å². The highest BCUT2D eigenvalue weighted by Crippen LogP contribution is 2.30. The number of allylic oxidation sites excluding steroid dienone is 2. The minimum absolute atomic E-state index is 0.0119. The number of carbonyl (C=O) groups is 1. The molecule has 0 fully saturated rings. The number of aromatic nitrogens is 1. The van der Waals surface area contributed by atoms with Crippen LogP contribution in [0.2, 0.25) is 5.02 Å². The van der Waals surface area contributed by atoms with E-state index in [4.69, 9.17) is 17.3 Å². The third kappa shape index (κ3) is 6.82. The number of carbonyl (C=O) groups excluding carboxylic acids is 1. The van der Waals surface area contributed by atoms with Crippen LogP contribution in [0.25, 0.3) is 0 Å². The summed E-state index contributed by atoms with van der Waals surface area (Å²) in [4.78, 5) is 20.3. The average Bonchev–Trinajstić information content (AvgIpc) is 2.79. The number of nitrogens with one attached hydrogen (secondary N) is 1. The maximum atomic E-state index is 13.0. The topological polar surface area (TPSA) is 80.4 Å². The fourth-order valence-corrected chi connectivity index (χ4v) is 2.92. The van der Waals surface area contributed by atoms with Gasteiger partial charge in [-0.2, -0.15) is 26.3 Å². The first-order chi connectivity index (χ1) is 16.3. The quantitative estimate of drug-likeness (QED) is 0.301. The number of halogens is 7. The predicted molar refractivity (Wildman–Crippen MR) is 120 cm³/mol. The lowest BCUT2D eigenvalue weighted by atomic mass is 10.1. The van der Waals surface area contributed by atoms with E-state index in [2.05, 4.69) is 15.3 Å². The van der Waals surface area contributed by atoms with Gasteiger partial charge in [0.1, 0.15) is 11.5 Å². The van der Waals surface area contributed by atoms with Crippen LogP contribution in [0.4, 0.5) is 37.8 Å². The molecule has 0 aliphatic heterocycles. The number of benzene rings is 2. The standard InChI is InChI=1S/C23H15ClF6N4O/c24-16-3-1-2-4-17(16)33-18(12-19(31)23(28,29)30)13-5-7-14(8-6-13)21(35)34-20-11-15(9-10-32-20)22(25,26)27/h1-12H,31H2,(H,32,34,35)/b19-12-,33-18?. The second-order valence-electron chi connectivity index (χ2n) is 7.00. The maximum Gasteiger partial charge on any atom is 0.430 e. The molecule has 12 heteroatoms. The molecule has 2 aromatic carbocycles. The van der Waals surface area contributed by atoms with E-state index in [1.54, 1.807) is 12.1 Å². The number of rotatable bonds is 5. The van der Waals surface area contributed by atoms with Gasteiger partial charge in [0.2, 0.25) is 0 Å². The molecule has 0 atom stereocenters. The first kappa shape index (κ1) is 25.8. The molecule has 1 amide bonds. The van der Waals surface area contributed by atoms with Crippen LogP contribution >= 0.6 is 11.6 Å². The van der Waals surface area contributed by atoms with Crippen molar-refractivity contribution >= 4 is 34.7 Å². The van der Waals surface area contributed by atoms with E-state index in [1.807, 2.05) is 0 Å². The van der Waals surface area contributed by atoms with Gasteiger partial charge in [-0.05, 0) is 42.5 Å². The molecule has 3 rings (SSSR count). The molecule has 3 aromatic rings. The number of nitrogens with two attached hydrogens (primary N) is 1. The molecular formula is C23H15ClF6N4O. The van der Waals surface area contributed by atoms with Crippen LogP contribution in [0.3, 0.4) is 0 Å². The molecule has 35 heavy (non-hydrogen) atoms. The predicted octanol–water partition coefficient (Wildman–Crippen LogP) is 6.53. The van der Waals surface area contributed by atoms with Crippen molar-refractivity contribution < 1.29 is 31.1 Å². The van der Waals surface area contributed by atoms with Crippen LogP contribution < -0.4 is 11.1 Å². The van der Waals surface area contributed by atoms with Crippen LogP contribution in [0.5, 0.6) is 0 Å². The Hall–Kier alpha value is -3.86. The van der Waals surface area contributed by atoms with Gasteiger partial charge in [-0.15, -0.1) is 0 Å². The molecular weight excluding hydrogens is 498 g/mol. The fraction of sp³-hybridized carbons (Fsp3) is 0.0870. The van der Waals surface area contributed by atoms with Gasteiger partial charge in [-0.3, -0.25) is 4.79 Å². The molecule has 0 saturated heterocycles. The molecule has 0 bridgehead atoms. The van der Waals surface area contributed by atoms with Gasteiger partial charge in [0.15, 0.2) is 0 Å². The van der Waals surface area contributed by atoms with Crippen molar-refractivity contribution in [2.75, 3.05) is 5.32 Å². The van der Waals surface area contributed by atoms with Crippen molar-refractivity contribution in [3.63, 3.8) is 0 Å². The number of nitrogens with zero attached hydrogens (tertiary/aromatic N) is 2. The molecule has 0 spiro atoms. The van der Waals surface area contributed by atoms with Gasteiger partial charge >= 0.3 is 12.4 Å². The lowest BCUT2D eigenvalue weighted by Crippen LogP contribution is -2.21. The Morgan fingerprint density at radius 3 is 2.20 bits per heavy atom. The zero-order chi connectivity index (χ0) is 25.8. The van der Waals surface area contributed by atoms with Crippen molar-refractivity contribution in [2.45, 2.75) is 12.4 Å². The van der Waals surface area contributed by atoms with Gasteiger partial charge in [-0.25, -0.2) is 9.98 Å². The van der Waals surface area contributed by atoms with E-state index in [0.717, 1.165) is 12.3 Å². The van der Waals surface area contributed by atoms with Crippen LogP contribution in [0.1, 0.15) is 21.5 Å². The Morgan fingerprint density at radius 1 is 0.971 bits per heavy atom. The molecule has 0 aliphatic rings. The first-order valence-electron chi connectivity index (χ1n) is 9.67. The highest BCUT2D eigenvalue weighted by Gasteiger charge is 2.32. The number of aliphatic imine (C=N–C) groups is 1. The second-order valence-corrected chi connectivity index (χ2v) is 7.41. The van der Waals surface area contributed by atoms with Crippen LogP contribution in [0.15, 0.2) is 83.6 Å². The van der Waals surface area contributed by atoms with Crippen LogP contribution in [-0.2, 0) is 6.18 Å². The van der Waals surface area contributed by atoms with E-state index >= 15 is 0 Å². The maximum absolute atomic E-state index is 13.0. The highest BCUT2D eigenvalue weighted by molar-refractivity contribution is 6.33. The zero-order valence-electron chi connectivity index (χ0n) is 17.5. The second kappa shape index (κ2) is 10.2. The summed E-state index contributed by atoms with van der Waals surface area (Å²) in [6, 6.07) is 12.8. The van der Waals surface area contributed by atoms with Crippen molar-refractivity contribution in [1.29, 1.82) is 0 Å². The van der Waals surface area contributed by atoms with Crippen molar-refractivity contribution in [2.24, 2.45) is 10.7 Å². The summed E-state index contributed by atoms with van der Waals surface area (Å²) in [6.07, 6.45) is -7.90. The summed E-state index contributed by atoms with van der Waals surface area (Å²) in [7, 11) is 0. The lowest BCUT2D eigenvalue weighted by molar-refractivity contribution is -0.137. The minimum atomic E-state index is -4.81. The zero-order valence-corrected chi connectivity index (χ0v) is 18.2. The van der Waals surface area contributed by atoms with E-state index in [-0.39, 0.29) is 33.4 Å². The molecule has 0 radical (unpaired) electrons. The number of anilines is 1. The first-order valence-corrected chi connectivity index (χ1v) is 10.0. The summed E-state index contributed by atoms with van der Waals surface area (Å²) < 4.78 is 77.6. The minimum Gasteiger partial charge on any atom is -0.395 e. The van der Waals surface area contributed by atoms with Gasteiger partial charge in [0.25, 0.3) is 5.91 Å². The Labute approximate surface area is 200 Å². The van der Waals surface area contributed by atoms with Gasteiger partial charge < -0.3 is 11.1 Å². The number of para-hydroxylation sites is 1. The monoisotopic (exact) mass is 512 g/mol. The molecule has 0 saturated carbocycles. The molecule has 182 valence electrons. The molecule has 5 nitrogen and oxygen atoms in total. The number of pyridine rings is 1. The Balaban J connectivity index is 1.91. The van der Waals surface area contributed by atoms with Gasteiger partial charge in [0.05, 0.1) is 22.0 Å². The van der Waals surface area contributed by atoms with Gasteiger partial charge in [0, 0.05) is 17.3 Å². The van der Waals surface area contributed by atoms with Crippen LogP contribution in [0, 0.1) is 0 Å². The van der Waals surface area contributed by atoms with Crippen molar-refractivity contribution in [1.82, 2.24) is 4.98 Å². The van der Waals surface area contributed by atoms with E-state index in [1.165, 1.54) is 36.4 Å². The lowest BCUT2D eigenvalue weighted by Gasteiger charge is -2.10. The SMILES string of the molecule is N/C(=C\C(=Nc1ccccc1Cl)c1ccc(C(=O)Nc2cc(C(F)(F)F)ccn2)cc1)C(F)(F)F. The van der Waals surface area contributed by atoms with E-state index in [0.29, 0.717) is 12.1 Å². The summed E-state index contributed by atoms with van der Waals surface area (Å²) in [5.74, 6) is -1.10. The number of hydrogen-bond donors (Lipinski definition) is 2. The smallest absolute Gasteiger partial charge is 0.395 e. The molecule has 3 N–H and O–H groups in total. The fourth-order valence-electron chi connectivity index (χ4n) is 2.74. The third-order valence-electron chi connectivity index (χ3n) is 4.48. The molecule has 0 unspecified atom stereocenters. The number of hydrogen-bond acceptors (Lipinski definition) is 4. The molecule has 0 aliphatic carbocycles. The number of amides is 1. The molecule has 1 heterocycles.